The van der Waals surface area contributed by atoms with Crippen LogP contribution in [-0.2, 0) is 12.8 Å². The Morgan fingerprint density at radius 1 is 1.15 bits per heavy atom. The molecule has 0 aliphatic carbocycles. The fraction of sp³-hybridized carbons (Fsp3) is 0.353. The molecule has 3 rings (SSSR count). The number of aryl methyl sites for hydroxylation is 3. The molecule has 3 aromatic rings. The van der Waals surface area contributed by atoms with Crippen LogP contribution in [0.5, 0.6) is 0 Å². The predicted octanol–water partition coefficient (Wildman–Crippen LogP) is 4.37. The highest BCUT2D eigenvalue weighted by molar-refractivity contribution is 5.81. The van der Waals surface area contributed by atoms with Gasteiger partial charge < -0.3 is 9.51 Å². The molecule has 3 heteroatoms. The van der Waals surface area contributed by atoms with Crippen LogP contribution in [0.2, 0.25) is 0 Å². The van der Waals surface area contributed by atoms with E-state index in [1.807, 2.05) is 13.0 Å². The molecule has 1 N–H and O–H groups in total. The van der Waals surface area contributed by atoms with Gasteiger partial charge in [-0.3, -0.25) is 0 Å². The van der Waals surface area contributed by atoms with E-state index in [2.05, 4.69) is 48.3 Å². The number of hydrogen-bond acceptors (Lipinski definition) is 2. The van der Waals surface area contributed by atoms with Gasteiger partial charge in [0.05, 0.1) is 5.69 Å². The topological polar surface area (TPSA) is 41.8 Å². The molecule has 2 aromatic heterocycles. The number of hydrogen-bond donors (Lipinski definition) is 1. The first-order chi connectivity index (χ1) is 9.61. The first-order valence-corrected chi connectivity index (χ1v) is 7.15. The average molecular weight is 268 g/mol. The predicted molar refractivity (Wildman–Crippen MR) is 81.0 cm³/mol. The van der Waals surface area contributed by atoms with E-state index in [1.165, 1.54) is 22.2 Å². The molecule has 0 aliphatic rings. The summed E-state index contributed by atoms with van der Waals surface area (Å²) < 4.78 is 5.10. The van der Waals surface area contributed by atoms with Crippen molar-refractivity contribution >= 4 is 10.9 Å². The van der Waals surface area contributed by atoms with E-state index in [0.717, 1.165) is 24.3 Å². The third-order valence-electron chi connectivity index (χ3n) is 3.68. The molecule has 0 saturated heterocycles. The van der Waals surface area contributed by atoms with Gasteiger partial charge in [-0.2, -0.15) is 0 Å². The number of nitrogens with one attached hydrogen (secondary N) is 1. The maximum atomic E-state index is 5.10. The van der Waals surface area contributed by atoms with Gasteiger partial charge in [0.25, 0.3) is 0 Å². The summed E-state index contributed by atoms with van der Waals surface area (Å²) >= 11 is 0. The van der Waals surface area contributed by atoms with Crippen molar-refractivity contribution in [3.63, 3.8) is 0 Å². The lowest BCUT2D eigenvalue weighted by atomic mass is 10.1. The fourth-order valence-corrected chi connectivity index (χ4v) is 2.47. The van der Waals surface area contributed by atoms with Crippen LogP contribution in [0.15, 0.2) is 34.9 Å². The number of aromatic nitrogens is 2. The van der Waals surface area contributed by atoms with Gasteiger partial charge in [-0.15, -0.1) is 0 Å². The number of aromatic amines is 1. The summed E-state index contributed by atoms with van der Waals surface area (Å²) in [6.45, 7) is 6.34. The summed E-state index contributed by atoms with van der Waals surface area (Å²) in [4.78, 5) is 3.50. The molecule has 0 spiro atoms. The van der Waals surface area contributed by atoms with Crippen LogP contribution in [0.4, 0.5) is 0 Å². The van der Waals surface area contributed by atoms with Crippen LogP contribution < -0.4 is 0 Å². The highest BCUT2D eigenvalue weighted by atomic mass is 16.5. The van der Waals surface area contributed by atoms with Gasteiger partial charge >= 0.3 is 0 Å². The highest BCUT2D eigenvalue weighted by Gasteiger charge is 2.06. The van der Waals surface area contributed by atoms with E-state index in [-0.39, 0.29) is 0 Å². The SMILES string of the molecule is Cc1cc(CCc2ccc3cc(C(C)C)[nH]c3c2)no1. The van der Waals surface area contributed by atoms with E-state index in [9.17, 15) is 0 Å². The van der Waals surface area contributed by atoms with Crippen LogP contribution in [0.1, 0.15) is 42.5 Å². The molecule has 2 heterocycles. The Bertz CT molecular complexity index is 722. The minimum absolute atomic E-state index is 0.531. The molecule has 20 heavy (non-hydrogen) atoms. The number of rotatable bonds is 4. The zero-order chi connectivity index (χ0) is 14.1. The van der Waals surface area contributed by atoms with E-state index in [0.29, 0.717) is 5.92 Å². The molecule has 0 bridgehead atoms. The summed E-state index contributed by atoms with van der Waals surface area (Å²) in [5.41, 5.74) is 4.87. The van der Waals surface area contributed by atoms with Crippen LogP contribution in [0.25, 0.3) is 10.9 Å². The summed E-state index contributed by atoms with van der Waals surface area (Å²) in [6.07, 6.45) is 1.90. The van der Waals surface area contributed by atoms with Crippen molar-refractivity contribution in [2.45, 2.75) is 39.5 Å². The van der Waals surface area contributed by atoms with Gasteiger partial charge in [0.1, 0.15) is 5.76 Å². The molecule has 3 nitrogen and oxygen atoms in total. The second-order valence-electron chi connectivity index (χ2n) is 5.73. The van der Waals surface area contributed by atoms with Crippen molar-refractivity contribution in [2.75, 3.05) is 0 Å². The maximum absolute atomic E-state index is 5.10. The summed E-state index contributed by atoms with van der Waals surface area (Å²) in [7, 11) is 0. The van der Waals surface area contributed by atoms with Crippen molar-refractivity contribution in [3.8, 4) is 0 Å². The number of benzene rings is 1. The molecule has 0 amide bonds. The molecule has 0 saturated carbocycles. The molecular formula is C17H20N2O. The lowest BCUT2D eigenvalue weighted by Crippen LogP contribution is -1.91. The van der Waals surface area contributed by atoms with E-state index in [4.69, 9.17) is 4.52 Å². The zero-order valence-electron chi connectivity index (χ0n) is 12.2. The molecule has 0 unspecified atom stereocenters. The van der Waals surface area contributed by atoms with Crippen molar-refractivity contribution in [1.29, 1.82) is 0 Å². The first kappa shape index (κ1) is 13.0. The Balaban J connectivity index is 1.78. The van der Waals surface area contributed by atoms with Gasteiger partial charge in [-0.05, 0) is 48.8 Å². The Morgan fingerprint density at radius 3 is 2.70 bits per heavy atom. The van der Waals surface area contributed by atoms with Crippen molar-refractivity contribution < 1.29 is 4.52 Å². The number of nitrogens with zero attached hydrogens (tertiary/aromatic N) is 1. The van der Waals surface area contributed by atoms with Gasteiger partial charge in [0, 0.05) is 17.3 Å². The third-order valence-corrected chi connectivity index (χ3v) is 3.68. The molecule has 0 aliphatic heterocycles. The Labute approximate surface area is 119 Å². The highest BCUT2D eigenvalue weighted by Crippen LogP contribution is 2.22. The smallest absolute Gasteiger partial charge is 0.133 e. The molecular weight excluding hydrogens is 248 g/mol. The van der Waals surface area contributed by atoms with Crippen molar-refractivity contribution in [2.24, 2.45) is 0 Å². The van der Waals surface area contributed by atoms with E-state index >= 15 is 0 Å². The molecule has 104 valence electrons. The van der Waals surface area contributed by atoms with Gasteiger partial charge in [0.15, 0.2) is 0 Å². The molecule has 1 aromatic carbocycles. The van der Waals surface area contributed by atoms with E-state index in [1.54, 1.807) is 0 Å². The van der Waals surface area contributed by atoms with Gasteiger partial charge in [-0.25, -0.2) is 0 Å². The first-order valence-electron chi connectivity index (χ1n) is 7.15. The Morgan fingerprint density at radius 2 is 2.00 bits per heavy atom. The second kappa shape index (κ2) is 5.16. The lowest BCUT2D eigenvalue weighted by molar-refractivity contribution is 0.390. The Hall–Kier alpha value is -2.03. The maximum Gasteiger partial charge on any atom is 0.133 e. The minimum Gasteiger partial charge on any atom is -0.361 e. The quantitative estimate of drug-likeness (QED) is 0.763. The van der Waals surface area contributed by atoms with Crippen LogP contribution in [0, 0.1) is 6.92 Å². The molecule has 0 fully saturated rings. The third kappa shape index (κ3) is 2.62. The number of fused-ring (bicyclic) bond motifs is 1. The van der Waals surface area contributed by atoms with E-state index < -0.39 is 0 Å². The monoisotopic (exact) mass is 268 g/mol. The second-order valence-corrected chi connectivity index (χ2v) is 5.73. The van der Waals surface area contributed by atoms with Crippen molar-refractivity contribution in [1.82, 2.24) is 10.1 Å². The zero-order valence-corrected chi connectivity index (χ0v) is 12.2. The largest absolute Gasteiger partial charge is 0.361 e. The van der Waals surface area contributed by atoms with Crippen LogP contribution >= 0.6 is 0 Å². The van der Waals surface area contributed by atoms with Crippen molar-refractivity contribution in [3.05, 3.63) is 53.0 Å². The normalized spacial score (nSPS) is 11.6. The summed E-state index contributed by atoms with van der Waals surface area (Å²) in [5, 5.41) is 5.32. The van der Waals surface area contributed by atoms with Gasteiger partial charge in [-0.1, -0.05) is 31.1 Å². The minimum atomic E-state index is 0.531. The fourth-order valence-electron chi connectivity index (χ4n) is 2.47. The number of H-pyrrole nitrogens is 1. The standard InChI is InChI=1S/C17H20N2O/c1-11(2)16-10-14-6-4-13(9-17(14)18-16)5-7-15-8-12(3)20-19-15/h4,6,8-11,18H,5,7H2,1-3H3. The van der Waals surface area contributed by atoms with Crippen LogP contribution in [0.3, 0.4) is 0 Å². The Kier molecular flexibility index (Phi) is 3.35. The van der Waals surface area contributed by atoms with Gasteiger partial charge in [0.2, 0.25) is 0 Å². The molecule has 0 radical (unpaired) electrons. The lowest BCUT2D eigenvalue weighted by Gasteiger charge is -2.00. The summed E-state index contributed by atoms with van der Waals surface area (Å²) in [6, 6.07) is 10.9. The molecule has 0 atom stereocenters. The summed E-state index contributed by atoms with van der Waals surface area (Å²) in [5.74, 6) is 1.41. The average Bonchev–Trinajstić information content (AvgIpc) is 3.01. The van der Waals surface area contributed by atoms with Crippen LogP contribution in [-0.4, -0.2) is 10.1 Å².